The van der Waals surface area contributed by atoms with Gasteiger partial charge in [0.2, 0.25) is 35.4 Å². The molecule has 6 atom stereocenters. The molecule has 14 nitrogen and oxygen atoms in total. The lowest BCUT2D eigenvalue weighted by Crippen LogP contribution is -2.61. The van der Waals surface area contributed by atoms with Crippen LogP contribution in [0.15, 0.2) is 0 Å². The summed E-state index contributed by atoms with van der Waals surface area (Å²) >= 11 is 0. The molecule has 0 aromatic carbocycles. The molecule has 0 aliphatic carbocycles. The van der Waals surface area contributed by atoms with E-state index in [2.05, 4.69) is 33.5 Å². The Kier molecular flexibility index (Phi) is 26.1. The van der Waals surface area contributed by atoms with E-state index in [0.717, 1.165) is 19.3 Å². The Labute approximate surface area is 305 Å². The number of primary amides is 1. The first kappa shape index (κ1) is 47.4. The molecule has 0 fully saturated rings. The SMILES string of the molecule is CCCCCCCCCCCCCCCC(=O)N[C@@H](CCC(N)=O)C(=O)N[C@H](C(=O)N[C@H](C(=O)N[C@@H](C)C(=O)NCC(C)=O)[C@@H](C)CC)[C@@H](C)O. The summed E-state index contributed by atoms with van der Waals surface area (Å²) in [5.41, 5.74) is 5.30. The van der Waals surface area contributed by atoms with E-state index in [1.165, 1.54) is 78.6 Å². The second kappa shape index (κ2) is 28.1. The number of nitrogens with one attached hydrogen (secondary N) is 5. The van der Waals surface area contributed by atoms with Crippen LogP contribution in [0, 0.1) is 5.92 Å². The van der Waals surface area contributed by atoms with Gasteiger partial charge in [0.25, 0.3) is 0 Å². The molecule has 0 aliphatic heterocycles. The number of amides is 6. The predicted octanol–water partition coefficient (Wildman–Crippen LogP) is 2.82. The van der Waals surface area contributed by atoms with Crippen LogP contribution in [0.5, 0.6) is 0 Å². The Morgan fingerprint density at radius 3 is 1.57 bits per heavy atom. The van der Waals surface area contributed by atoms with E-state index >= 15 is 0 Å². The molecule has 0 rings (SSSR count). The monoisotopic (exact) mass is 725 g/mol. The van der Waals surface area contributed by atoms with E-state index in [9.17, 15) is 38.7 Å². The molecule has 14 heteroatoms. The summed E-state index contributed by atoms with van der Waals surface area (Å²) in [5.74, 6) is -4.62. The lowest BCUT2D eigenvalue weighted by atomic mass is 9.97. The molecule has 0 aromatic heterocycles. The number of hydrogen-bond donors (Lipinski definition) is 7. The molecule has 0 unspecified atom stereocenters. The van der Waals surface area contributed by atoms with Gasteiger partial charge in [0.1, 0.15) is 30.0 Å². The minimum atomic E-state index is -1.51. The zero-order valence-corrected chi connectivity index (χ0v) is 32.1. The Morgan fingerprint density at radius 2 is 1.10 bits per heavy atom. The summed E-state index contributed by atoms with van der Waals surface area (Å²) in [6.45, 7) is 9.58. The summed E-state index contributed by atoms with van der Waals surface area (Å²) in [7, 11) is 0. The van der Waals surface area contributed by atoms with Gasteiger partial charge in [-0.15, -0.1) is 0 Å². The van der Waals surface area contributed by atoms with Gasteiger partial charge in [-0.05, 0) is 39.5 Å². The van der Waals surface area contributed by atoms with Crippen molar-refractivity contribution in [3.8, 4) is 0 Å². The highest BCUT2D eigenvalue weighted by Gasteiger charge is 2.34. The molecule has 0 saturated heterocycles. The van der Waals surface area contributed by atoms with Crippen molar-refractivity contribution < 1.29 is 38.7 Å². The summed E-state index contributed by atoms with van der Waals surface area (Å²) in [5, 5.41) is 23.1. The predicted molar refractivity (Wildman–Crippen MR) is 197 cm³/mol. The first-order valence-electron chi connectivity index (χ1n) is 19.1. The zero-order valence-electron chi connectivity index (χ0n) is 32.1. The summed E-state index contributed by atoms with van der Waals surface area (Å²) in [6, 6.07) is -4.84. The molecule has 0 spiro atoms. The third-order valence-electron chi connectivity index (χ3n) is 8.96. The number of aliphatic hydroxyl groups excluding tert-OH is 1. The van der Waals surface area contributed by atoms with Crippen LogP contribution >= 0.6 is 0 Å². The molecule has 6 amide bonds. The molecule has 0 aliphatic rings. The van der Waals surface area contributed by atoms with Crippen molar-refractivity contribution in [1.82, 2.24) is 26.6 Å². The highest BCUT2D eigenvalue weighted by molar-refractivity contribution is 5.96. The second-order valence-electron chi connectivity index (χ2n) is 13.9. The van der Waals surface area contributed by atoms with E-state index in [1.54, 1.807) is 13.8 Å². The van der Waals surface area contributed by atoms with Gasteiger partial charge in [0, 0.05) is 12.8 Å². The zero-order chi connectivity index (χ0) is 38.8. The second-order valence-corrected chi connectivity index (χ2v) is 13.9. The van der Waals surface area contributed by atoms with Crippen molar-refractivity contribution in [2.45, 2.75) is 181 Å². The van der Waals surface area contributed by atoms with Crippen molar-refractivity contribution in [3.05, 3.63) is 0 Å². The Hall–Kier alpha value is -3.55. The first-order valence-corrected chi connectivity index (χ1v) is 19.1. The van der Waals surface area contributed by atoms with Crippen LogP contribution in [-0.4, -0.2) is 83.1 Å². The average Bonchev–Trinajstić information content (AvgIpc) is 3.07. The Bertz CT molecular complexity index is 1090. The molecule has 8 N–H and O–H groups in total. The van der Waals surface area contributed by atoms with Crippen LogP contribution in [0.25, 0.3) is 0 Å². The first-order chi connectivity index (χ1) is 24.1. The average molecular weight is 725 g/mol. The Morgan fingerprint density at radius 1 is 0.608 bits per heavy atom. The normalized spacial score (nSPS) is 14.6. The molecule has 0 bridgehead atoms. The van der Waals surface area contributed by atoms with Gasteiger partial charge < -0.3 is 37.4 Å². The summed E-state index contributed by atoms with van der Waals surface area (Å²) < 4.78 is 0. The standard InChI is InChI=1S/C37H68N6O8/c1-7-9-10-11-12-13-14-15-16-17-18-19-20-21-31(47)41-29(22-23-30(38)46)35(49)43-33(28(6)45)37(51)42-32(25(3)8-2)36(50)40-27(5)34(48)39-24-26(4)44/h25,27-29,32-33,45H,7-24H2,1-6H3,(H2,38,46)(H,39,48)(H,40,50)(H,41,47)(H,42,51)(H,43,49)/t25-,27-,28+,29-,32-,33-/m0/s1. The van der Waals surface area contributed by atoms with Crippen LogP contribution in [0.4, 0.5) is 0 Å². The van der Waals surface area contributed by atoms with Gasteiger partial charge in [-0.1, -0.05) is 104 Å². The van der Waals surface area contributed by atoms with Gasteiger partial charge in [0.05, 0.1) is 12.6 Å². The van der Waals surface area contributed by atoms with Gasteiger partial charge in [-0.2, -0.15) is 0 Å². The van der Waals surface area contributed by atoms with Crippen LogP contribution in [0.3, 0.4) is 0 Å². The number of nitrogens with two attached hydrogens (primary N) is 1. The lowest BCUT2D eigenvalue weighted by Gasteiger charge is -2.29. The van der Waals surface area contributed by atoms with Gasteiger partial charge in [-0.3, -0.25) is 33.6 Å². The minimum Gasteiger partial charge on any atom is -0.391 e. The van der Waals surface area contributed by atoms with E-state index in [-0.39, 0.29) is 37.5 Å². The van der Waals surface area contributed by atoms with Crippen molar-refractivity contribution in [2.75, 3.05) is 6.54 Å². The molecule has 0 radical (unpaired) electrons. The Balaban J connectivity index is 5.16. The van der Waals surface area contributed by atoms with E-state index in [4.69, 9.17) is 5.73 Å². The number of ketones is 1. The largest absolute Gasteiger partial charge is 0.391 e. The van der Waals surface area contributed by atoms with Gasteiger partial charge >= 0.3 is 0 Å². The van der Waals surface area contributed by atoms with Crippen LogP contribution in [0.1, 0.15) is 151 Å². The molecular weight excluding hydrogens is 656 g/mol. The lowest BCUT2D eigenvalue weighted by molar-refractivity contribution is -0.137. The summed E-state index contributed by atoms with van der Waals surface area (Å²) in [4.78, 5) is 87.6. The number of aliphatic hydroxyl groups is 1. The quantitative estimate of drug-likeness (QED) is 0.0544. The van der Waals surface area contributed by atoms with E-state index < -0.39 is 65.7 Å². The third kappa shape index (κ3) is 22.8. The van der Waals surface area contributed by atoms with Crippen LogP contribution < -0.4 is 32.3 Å². The highest BCUT2D eigenvalue weighted by atomic mass is 16.3. The van der Waals surface area contributed by atoms with Crippen molar-refractivity contribution in [2.24, 2.45) is 11.7 Å². The maximum atomic E-state index is 13.4. The van der Waals surface area contributed by atoms with Crippen molar-refractivity contribution in [3.63, 3.8) is 0 Å². The topological polar surface area (TPSA) is 226 Å². The minimum absolute atomic E-state index is 0.110. The fourth-order valence-corrected chi connectivity index (χ4v) is 5.46. The smallest absolute Gasteiger partial charge is 0.245 e. The molecule has 294 valence electrons. The fourth-order valence-electron chi connectivity index (χ4n) is 5.46. The molecule has 0 aromatic rings. The maximum absolute atomic E-state index is 13.4. The number of rotatable bonds is 30. The van der Waals surface area contributed by atoms with Crippen molar-refractivity contribution >= 4 is 41.2 Å². The number of unbranched alkanes of at least 4 members (excludes halogenated alkanes) is 12. The molecular formula is C37H68N6O8. The molecule has 0 heterocycles. The van der Waals surface area contributed by atoms with Crippen LogP contribution in [-0.2, 0) is 33.6 Å². The fraction of sp³-hybridized carbons (Fsp3) is 0.811. The van der Waals surface area contributed by atoms with E-state index in [1.807, 2.05) is 0 Å². The molecule has 51 heavy (non-hydrogen) atoms. The van der Waals surface area contributed by atoms with Crippen LogP contribution in [0.2, 0.25) is 0 Å². The number of carbonyl (C=O) groups excluding carboxylic acids is 7. The maximum Gasteiger partial charge on any atom is 0.245 e. The third-order valence-corrected chi connectivity index (χ3v) is 8.96. The molecule has 0 saturated carbocycles. The van der Waals surface area contributed by atoms with Gasteiger partial charge in [0.15, 0.2) is 0 Å². The number of carbonyl (C=O) groups is 7. The highest BCUT2D eigenvalue weighted by Crippen LogP contribution is 2.14. The van der Waals surface area contributed by atoms with Gasteiger partial charge in [-0.25, -0.2) is 0 Å². The summed E-state index contributed by atoms with van der Waals surface area (Å²) in [6.07, 6.45) is 14.1. The van der Waals surface area contributed by atoms with Crippen molar-refractivity contribution in [1.29, 1.82) is 0 Å². The number of hydrogen-bond acceptors (Lipinski definition) is 8. The van der Waals surface area contributed by atoms with E-state index in [0.29, 0.717) is 12.8 Å². The number of Topliss-reactive ketones (excluding diaryl/α,β-unsaturated/α-hetero) is 1.